The SMILES string of the molecule is CC(N)C(SC(C)C(C)O)c1ccccc1. The molecule has 1 aromatic rings. The molecule has 0 saturated heterocycles. The Labute approximate surface area is 102 Å². The van der Waals surface area contributed by atoms with Crippen LogP contribution < -0.4 is 5.73 Å². The van der Waals surface area contributed by atoms with E-state index in [-0.39, 0.29) is 22.6 Å². The van der Waals surface area contributed by atoms with Crippen LogP contribution in [0.3, 0.4) is 0 Å². The summed E-state index contributed by atoms with van der Waals surface area (Å²) in [5.41, 5.74) is 7.25. The van der Waals surface area contributed by atoms with Crippen molar-refractivity contribution in [3.63, 3.8) is 0 Å². The summed E-state index contributed by atoms with van der Waals surface area (Å²) in [6.07, 6.45) is -0.310. The summed E-state index contributed by atoms with van der Waals surface area (Å²) in [6.45, 7) is 5.87. The minimum Gasteiger partial charge on any atom is -0.392 e. The number of nitrogens with two attached hydrogens (primary N) is 1. The topological polar surface area (TPSA) is 46.2 Å². The number of rotatable bonds is 5. The molecule has 1 rings (SSSR count). The largest absolute Gasteiger partial charge is 0.392 e. The van der Waals surface area contributed by atoms with Crippen LogP contribution >= 0.6 is 11.8 Å². The molecule has 0 bridgehead atoms. The Balaban J connectivity index is 2.77. The molecule has 0 saturated carbocycles. The van der Waals surface area contributed by atoms with Gasteiger partial charge in [0.1, 0.15) is 0 Å². The van der Waals surface area contributed by atoms with Crippen LogP contribution in [-0.4, -0.2) is 22.5 Å². The molecule has 0 aliphatic carbocycles. The van der Waals surface area contributed by atoms with E-state index in [2.05, 4.69) is 12.1 Å². The average molecular weight is 239 g/mol. The number of aliphatic hydroxyl groups excluding tert-OH is 1. The van der Waals surface area contributed by atoms with Crippen LogP contribution in [0.25, 0.3) is 0 Å². The second kappa shape index (κ2) is 6.28. The first-order valence-electron chi connectivity index (χ1n) is 5.66. The van der Waals surface area contributed by atoms with Gasteiger partial charge in [0.2, 0.25) is 0 Å². The van der Waals surface area contributed by atoms with Crippen molar-refractivity contribution >= 4 is 11.8 Å². The molecule has 0 spiro atoms. The van der Waals surface area contributed by atoms with Gasteiger partial charge in [0.15, 0.2) is 0 Å². The van der Waals surface area contributed by atoms with E-state index in [9.17, 15) is 5.11 Å². The summed E-state index contributed by atoms with van der Waals surface area (Å²) in [5.74, 6) is 0. The molecule has 3 N–H and O–H groups in total. The molecule has 3 heteroatoms. The molecule has 4 atom stereocenters. The second-order valence-corrected chi connectivity index (χ2v) is 5.80. The Bertz CT molecular complexity index is 300. The Morgan fingerprint density at radius 1 is 1.12 bits per heavy atom. The number of benzene rings is 1. The van der Waals surface area contributed by atoms with Crippen LogP contribution in [0.2, 0.25) is 0 Å². The van der Waals surface area contributed by atoms with E-state index in [1.807, 2.05) is 39.0 Å². The summed E-state index contributed by atoms with van der Waals surface area (Å²) >= 11 is 1.74. The Morgan fingerprint density at radius 3 is 2.12 bits per heavy atom. The molecule has 0 aliphatic heterocycles. The van der Waals surface area contributed by atoms with Gasteiger partial charge >= 0.3 is 0 Å². The van der Waals surface area contributed by atoms with Gasteiger partial charge in [-0.2, -0.15) is 0 Å². The number of hydrogen-bond donors (Lipinski definition) is 2. The third-order valence-corrected chi connectivity index (χ3v) is 4.46. The molecule has 0 aromatic heterocycles. The van der Waals surface area contributed by atoms with Gasteiger partial charge in [0.05, 0.1) is 6.10 Å². The monoisotopic (exact) mass is 239 g/mol. The molecule has 90 valence electrons. The molecule has 1 aromatic carbocycles. The second-order valence-electron chi connectivity index (χ2n) is 4.27. The highest BCUT2D eigenvalue weighted by atomic mass is 32.2. The number of hydrogen-bond acceptors (Lipinski definition) is 3. The Morgan fingerprint density at radius 2 is 1.69 bits per heavy atom. The van der Waals surface area contributed by atoms with Crippen LogP contribution in [0.1, 0.15) is 31.6 Å². The maximum absolute atomic E-state index is 9.54. The zero-order chi connectivity index (χ0) is 12.1. The van der Waals surface area contributed by atoms with Crippen molar-refractivity contribution in [3.05, 3.63) is 35.9 Å². The minimum absolute atomic E-state index is 0.0774. The molecule has 4 unspecified atom stereocenters. The first kappa shape index (κ1) is 13.6. The van der Waals surface area contributed by atoms with Gasteiger partial charge in [-0.25, -0.2) is 0 Å². The van der Waals surface area contributed by atoms with Gasteiger partial charge in [-0.05, 0) is 19.4 Å². The first-order valence-corrected chi connectivity index (χ1v) is 6.60. The van der Waals surface area contributed by atoms with Gasteiger partial charge in [-0.15, -0.1) is 11.8 Å². The fourth-order valence-corrected chi connectivity index (χ4v) is 2.75. The van der Waals surface area contributed by atoms with E-state index >= 15 is 0 Å². The van der Waals surface area contributed by atoms with Crippen molar-refractivity contribution in [2.24, 2.45) is 5.73 Å². The van der Waals surface area contributed by atoms with Crippen molar-refractivity contribution in [2.75, 3.05) is 0 Å². The first-order chi connectivity index (χ1) is 7.52. The summed E-state index contributed by atoms with van der Waals surface area (Å²) in [7, 11) is 0. The lowest BCUT2D eigenvalue weighted by Gasteiger charge is -2.25. The smallest absolute Gasteiger partial charge is 0.0628 e. The van der Waals surface area contributed by atoms with Crippen molar-refractivity contribution in [2.45, 2.75) is 43.4 Å². The number of thioether (sulfide) groups is 1. The standard InChI is InChI=1S/C13H21NOS/c1-9(14)13(16-11(3)10(2)15)12-7-5-4-6-8-12/h4-11,13,15H,14H2,1-3H3. The molecule has 0 heterocycles. The molecule has 0 radical (unpaired) electrons. The van der Waals surface area contributed by atoms with E-state index in [1.54, 1.807) is 11.8 Å². The third kappa shape index (κ3) is 3.81. The average Bonchev–Trinajstić information content (AvgIpc) is 2.26. The summed E-state index contributed by atoms with van der Waals surface area (Å²) in [4.78, 5) is 0. The number of aliphatic hydroxyl groups is 1. The Hall–Kier alpha value is -0.510. The predicted octanol–water partition coefficient (Wildman–Crippen LogP) is 2.58. The van der Waals surface area contributed by atoms with Crippen molar-refractivity contribution in [1.82, 2.24) is 0 Å². The van der Waals surface area contributed by atoms with Crippen LogP contribution in [0.4, 0.5) is 0 Å². The van der Waals surface area contributed by atoms with Crippen molar-refractivity contribution < 1.29 is 5.11 Å². The fourth-order valence-electron chi connectivity index (χ4n) is 1.49. The maximum Gasteiger partial charge on any atom is 0.0628 e. The lowest BCUT2D eigenvalue weighted by atomic mass is 10.1. The van der Waals surface area contributed by atoms with Gasteiger partial charge in [0, 0.05) is 16.5 Å². The summed E-state index contributed by atoms with van der Waals surface area (Å²) in [5, 5.41) is 9.97. The van der Waals surface area contributed by atoms with Crippen LogP contribution in [0, 0.1) is 0 Å². The third-order valence-electron chi connectivity index (χ3n) is 2.65. The van der Waals surface area contributed by atoms with Gasteiger partial charge in [0.25, 0.3) is 0 Å². The molecule has 0 amide bonds. The molecular formula is C13H21NOS. The van der Waals surface area contributed by atoms with E-state index in [1.165, 1.54) is 5.56 Å². The Kier molecular flexibility index (Phi) is 5.32. The quantitative estimate of drug-likeness (QED) is 0.830. The van der Waals surface area contributed by atoms with Crippen LogP contribution in [0.5, 0.6) is 0 Å². The normalized spacial score (nSPS) is 18.8. The minimum atomic E-state index is -0.310. The highest BCUT2D eigenvalue weighted by molar-refractivity contribution is 8.00. The lowest BCUT2D eigenvalue weighted by molar-refractivity contribution is 0.196. The van der Waals surface area contributed by atoms with Gasteiger partial charge < -0.3 is 10.8 Å². The zero-order valence-electron chi connectivity index (χ0n) is 10.1. The van der Waals surface area contributed by atoms with Crippen LogP contribution in [0.15, 0.2) is 30.3 Å². The van der Waals surface area contributed by atoms with Crippen molar-refractivity contribution in [1.29, 1.82) is 0 Å². The molecule has 0 aliphatic rings. The highest BCUT2D eigenvalue weighted by Gasteiger charge is 2.21. The van der Waals surface area contributed by atoms with Gasteiger partial charge in [-0.3, -0.25) is 0 Å². The van der Waals surface area contributed by atoms with E-state index in [0.717, 1.165) is 0 Å². The maximum atomic E-state index is 9.54. The predicted molar refractivity (Wildman–Crippen MR) is 71.6 cm³/mol. The van der Waals surface area contributed by atoms with Gasteiger partial charge in [-0.1, -0.05) is 37.3 Å². The van der Waals surface area contributed by atoms with Crippen LogP contribution in [-0.2, 0) is 0 Å². The van der Waals surface area contributed by atoms with E-state index < -0.39 is 0 Å². The molecule has 0 fully saturated rings. The highest BCUT2D eigenvalue weighted by Crippen LogP contribution is 2.35. The molecule has 16 heavy (non-hydrogen) atoms. The lowest BCUT2D eigenvalue weighted by Crippen LogP contribution is -2.26. The fraction of sp³-hybridized carbons (Fsp3) is 0.538. The summed E-state index contributed by atoms with van der Waals surface area (Å²) < 4.78 is 0. The molecular weight excluding hydrogens is 218 g/mol. The van der Waals surface area contributed by atoms with E-state index in [0.29, 0.717) is 0 Å². The molecule has 2 nitrogen and oxygen atoms in total. The zero-order valence-corrected chi connectivity index (χ0v) is 10.9. The summed E-state index contributed by atoms with van der Waals surface area (Å²) in [6, 6.07) is 10.3. The van der Waals surface area contributed by atoms with Crippen molar-refractivity contribution in [3.8, 4) is 0 Å². The van der Waals surface area contributed by atoms with E-state index in [4.69, 9.17) is 5.73 Å².